The molecule has 0 radical (unpaired) electrons. The Morgan fingerprint density at radius 2 is 1.36 bits per heavy atom. The summed E-state index contributed by atoms with van der Waals surface area (Å²) < 4.78 is 2.11. The van der Waals surface area contributed by atoms with Gasteiger partial charge >= 0.3 is 0 Å². The summed E-state index contributed by atoms with van der Waals surface area (Å²) in [4.78, 5) is 20.2. The number of hydrogen-bond acceptors (Lipinski definition) is 5. The average molecular weight is 392 g/mol. The van der Waals surface area contributed by atoms with Crippen molar-refractivity contribution in [1.82, 2.24) is 14.4 Å². The van der Waals surface area contributed by atoms with E-state index < -0.39 is 0 Å². The first-order chi connectivity index (χ1) is 13.3. The minimum atomic E-state index is 0.0317. The van der Waals surface area contributed by atoms with Gasteiger partial charge in [-0.1, -0.05) is 13.8 Å². The lowest BCUT2D eigenvalue weighted by molar-refractivity contribution is 0.102. The summed E-state index contributed by atoms with van der Waals surface area (Å²) in [5.74, 6) is 0.219. The zero-order valence-corrected chi connectivity index (χ0v) is 18.6. The molecule has 2 aliphatic rings. The molecule has 2 aliphatic heterocycles. The van der Waals surface area contributed by atoms with Gasteiger partial charge in [0.15, 0.2) is 13.1 Å². The van der Waals surface area contributed by atoms with Crippen LogP contribution in [0.2, 0.25) is 0 Å². The van der Waals surface area contributed by atoms with Crippen LogP contribution in [0.15, 0.2) is 4.79 Å². The number of anilines is 1. The van der Waals surface area contributed by atoms with Crippen LogP contribution in [0.4, 0.5) is 5.69 Å². The predicted octanol–water partition coefficient (Wildman–Crippen LogP) is 1.21. The van der Waals surface area contributed by atoms with Gasteiger partial charge in [0.1, 0.15) is 5.69 Å². The maximum atomic E-state index is 13.0. The molecule has 3 rings (SSSR count). The highest BCUT2D eigenvalue weighted by molar-refractivity contribution is 5.63. The van der Waals surface area contributed by atoms with Crippen molar-refractivity contribution in [3.63, 3.8) is 0 Å². The quantitative estimate of drug-likeness (QED) is 0.765. The molecule has 4 atom stereocenters. The van der Waals surface area contributed by atoms with E-state index in [0.717, 1.165) is 52.1 Å². The molecule has 0 saturated carbocycles. The third-order valence-electron chi connectivity index (χ3n) is 6.68. The lowest BCUT2D eigenvalue weighted by Gasteiger charge is -2.45. The molecule has 0 spiro atoms. The maximum Gasteiger partial charge on any atom is 0.294 e. The monoisotopic (exact) mass is 391 g/mol. The molecule has 6 nitrogen and oxygen atoms in total. The van der Waals surface area contributed by atoms with Crippen molar-refractivity contribution in [2.24, 2.45) is 0 Å². The van der Waals surface area contributed by atoms with E-state index in [9.17, 15) is 9.90 Å². The molecule has 0 aromatic heterocycles. The van der Waals surface area contributed by atoms with E-state index in [-0.39, 0.29) is 11.2 Å². The van der Waals surface area contributed by atoms with E-state index in [1.807, 2.05) is 0 Å². The molecule has 158 valence electrons. The summed E-state index contributed by atoms with van der Waals surface area (Å²) in [5.41, 5.74) is 0.574. The van der Waals surface area contributed by atoms with Crippen LogP contribution in [0.5, 0.6) is 5.75 Å². The molecule has 0 bridgehead atoms. The van der Waals surface area contributed by atoms with Gasteiger partial charge < -0.3 is 10.0 Å². The molecule has 1 aromatic rings. The van der Waals surface area contributed by atoms with Gasteiger partial charge in [-0.15, -0.1) is 0 Å². The molecule has 0 unspecified atom stereocenters. The summed E-state index contributed by atoms with van der Waals surface area (Å²) in [7, 11) is 0. The molecule has 0 amide bonds. The third kappa shape index (κ3) is 3.73. The largest absolute Gasteiger partial charge is 0.501 e. The Bertz CT molecular complexity index is 741. The second-order valence-electron chi connectivity index (χ2n) is 9.06. The average Bonchev–Trinajstić information content (AvgIpc) is 2.61. The molecule has 1 aromatic carbocycles. The van der Waals surface area contributed by atoms with Crippen molar-refractivity contribution in [3.8, 4) is 5.75 Å². The first-order valence-corrected chi connectivity index (χ1v) is 11.2. The van der Waals surface area contributed by atoms with E-state index in [1.54, 1.807) is 0 Å². The van der Waals surface area contributed by atoms with Crippen molar-refractivity contribution in [2.45, 2.75) is 78.6 Å². The van der Waals surface area contributed by atoms with Gasteiger partial charge in [-0.25, -0.2) is 4.58 Å². The maximum absolute atomic E-state index is 13.0. The summed E-state index contributed by atoms with van der Waals surface area (Å²) in [6.45, 7) is 18.7. The minimum absolute atomic E-state index is 0.0317. The number of aromatic hydroxyl groups is 1. The standard InChI is InChI=1S/C22H38N4O2/c1-7-9-25-15(3)11-23(12-16(25)4)19-21(27)20(22(19)28)24-13-17(5)26(10-8-2)18(6)14-24/h15-18H,7-14H2,1-6H3/p+1/t15-,16+,17-,18+. The first-order valence-electron chi connectivity index (χ1n) is 11.2. The SMILES string of the molecule is CCCN1[C@H](C)CN(c2c(O)c(=[N+]3C[C@@H](C)N(CCC)[C@@H](C)C3)c2=O)C[C@@H]1C. The number of rotatable bonds is 5. The first kappa shape index (κ1) is 21.3. The van der Waals surface area contributed by atoms with Gasteiger partial charge in [-0.05, 0) is 53.6 Å². The second-order valence-corrected chi connectivity index (χ2v) is 9.06. The Balaban J connectivity index is 1.83. The molecular weight excluding hydrogens is 352 g/mol. The Morgan fingerprint density at radius 3 is 1.79 bits per heavy atom. The highest BCUT2D eigenvalue weighted by Gasteiger charge is 2.39. The molecule has 2 saturated heterocycles. The number of nitrogens with zero attached hydrogens (tertiary/aromatic N) is 4. The van der Waals surface area contributed by atoms with Crippen molar-refractivity contribution >= 4 is 5.69 Å². The van der Waals surface area contributed by atoms with E-state index in [2.05, 4.69) is 60.8 Å². The highest BCUT2D eigenvalue weighted by Crippen LogP contribution is 2.26. The number of piperazine rings is 2. The second kappa shape index (κ2) is 8.54. The van der Waals surface area contributed by atoms with Crippen LogP contribution in [-0.2, 0) is 0 Å². The summed E-state index contributed by atoms with van der Waals surface area (Å²) in [6, 6.07) is 1.55. The fourth-order valence-corrected chi connectivity index (χ4v) is 5.44. The van der Waals surface area contributed by atoms with E-state index in [1.165, 1.54) is 0 Å². The molecule has 28 heavy (non-hydrogen) atoms. The van der Waals surface area contributed by atoms with Crippen LogP contribution in [0.1, 0.15) is 54.4 Å². The molecular formula is C22H39N4O2+. The van der Waals surface area contributed by atoms with Crippen LogP contribution in [0, 0.1) is 0 Å². The topological polar surface area (TPSA) is 50.0 Å². The van der Waals surface area contributed by atoms with Crippen molar-refractivity contribution in [2.75, 3.05) is 44.2 Å². The molecule has 1 N–H and O–H groups in total. The summed E-state index contributed by atoms with van der Waals surface area (Å²) in [5, 5.41) is 11.4. The van der Waals surface area contributed by atoms with Crippen LogP contribution in [-0.4, -0.2) is 78.3 Å². The van der Waals surface area contributed by atoms with E-state index in [4.69, 9.17) is 0 Å². The van der Waals surface area contributed by atoms with Crippen molar-refractivity contribution < 1.29 is 5.11 Å². The van der Waals surface area contributed by atoms with Gasteiger partial charge in [0.25, 0.3) is 10.8 Å². The van der Waals surface area contributed by atoms with Crippen LogP contribution in [0.3, 0.4) is 0 Å². The fraction of sp³-hybridized carbons (Fsp3) is 0.818. The Morgan fingerprint density at radius 1 is 0.893 bits per heavy atom. The van der Waals surface area contributed by atoms with Crippen LogP contribution < -0.4 is 20.3 Å². The zero-order chi connectivity index (χ0) is 20.6. The molecule has 2 heterocycles. The summed E-state index contributed by atoms with van der Waals surface area (Å²) >= 11 is 0. The molecule has 2 fully saturated rings. The zero-order valence-electron chi connectivity index (χ0n) is 18.6. The van der Waals surface area contributed by atoms with Gasteiger partial charge in [-0.2, -0.15) is 0 Å². The smallest absolute Gasteiger partial charge is 0.294 e. The third-order valence-corrected chi connectivity index (χ3v) is 6.68. The van der Waals surface area contributed by atoms with Crippen LogP contribution in [0.25, 0.3) is 0 Å². The minimum Gasteiger partial charge on any atom is -0.501 e. The van der Waals surface area contributed by atoms with E-state index in [0.29, 0.717) is 35.2 Å². The van der Waals surface area contributed by atoms with Gasteiger partial charge in [0, 0.05) is 25.2 Å². The van der Waals surface area contributed by atoms with Gasteiger partial charge in [0.2, 0.25) is 5.75 Å². The van der Waals surface area contributed by atoms with Gasteiger partial charge in [-0.3, -0.25) is 14.6 Å². The lowest BCUT2D eigenvalue weighted by atomic mass is 10.0. The lowest BCUT2D eigenvalue weighted by Crippen LogP contribution is -2.62. The summed E-state index contributed by atoms with van der Waals surface area (Å²) in [6.07, 6.45) is 2.28. The van der Waals surface area contributed by atoms with Crippen molar-refractivity contribution in [1.29, 1.82) is 0 Å². The predicted molar refractivity (Wildman–Crippen MR) is 116 cm³/mol. The molecule has 6 heteroatoms. The Labute approximate surface area is 169 Å². The molecule has 0 aliphatic carbocycles. The van der Waals surface area contributed by atoms with Gasteiger partial charge in [0.05, 0.1) is 12.1 Å². The van der Waals surface area contributed by atoms with Crippen LogP contribution >= 0.6 is 0 Å². The van der Waals surface area contributed by atoms with Crippen molar-refractivity contribution in [3.05, 3.63) is 15.6 Å². The fourth-order valence-electron chi connectivity index (χ4n) is 5.44. The number of hydrogen-bond donors (Lipinski definition) is 1. The van der Waals surface area contributed by atoms with E-state index >= 15 is 0 Å². The Hall–Kier alpha value is -1.40. The Kier molecular flexibility index (Phi) is 6.50. The highest BCUT2D eigenvalue weighted by atomic mass is 16.3. The normalized spacial score (nSPS) is 32.3.